The third-order valence-corrected chi connectivity index (χ3v) is 1.23. The van der Waals surface area contributed by atoms with E-state index in [0.717, 1.165) is 19.8 Å². The third-order valence-electron chi connectivity index (χ3n) is 1.23. The summed E-state index contributed by atoms with van der Waals surface area (Å²) in [4.78, 5) is 11.8. The highest BCUT2D eigenvalue weighted by atomic mass is 16.1. The van der Waals surface area contributed by atoms with Crippen LogP contribution in [0.4, 0.5) is 0 Å². The molecule has 3 nitrogen and oxygen atoms in total. The fraction of sp³-hybridized carbons (Fsp3) is 0.800. The lowest BCUT2D eigenvalue weighted by Gasteiger charge is -2.05. The van der Waals surface area contributed by atoms with Gasteiger partial charge in [-0.15, -0.1) is 0 Å². The van der Waals surface area contributed by atoms with Gasteiger partial charge in [0.25, 0.3) is 0 Å². The van der Waals surface area contributed by atoms with Crippen LogP contribution in [0.2, 0.25) is 0 Å². The Labute approximate surface area is 48.7 Å². The monoisotopic (exact) mass is 113 g/mol. The van der Waals surface area contributed by atoms with Crippen molar-refractivity contribution in [1.82, 2.24) is 10.2 Å². The second-order valence-electron chi connectivity index (χ2n) is 1.85. The summed E-state index contributed by atoms with van der Waals surface area (Å²) in [6.07, 6.45) is 1.85. The first-order valence-electron chi connectivity index (χ1n) is 2.71. The number of hydrogen-bond acceptors (Lipinski definition) is 3. The number of hydrogen-bond donors (Lipinski definition) is 1. The molecule has 1 aliphatic heterocycles. The van der Waals surface area contributed by atoms with E-state index in [1.165, 1.54) is 0 Å². The van der Waals surface area contributed by atoms with Crippen molar-refractivity contribution in [3.63, 3.8) is 0 Å². The van der Waals surface area contributed by atoms with Gasteiger partial charge in [-0.2, -0.15) is 0 Å². The Morgan fingerprint density at radius 3 is 3.12 bits per heavy atom. The molecule has 1 aliphatic rings. The van der Waals surface area contributed by atoms with Crippen LogP contribution in [0, 0.1) is 0 Å². The maximum Gasteiger partial charge on any atom is 0.213 e. The minimum atomic E-state index is 0.451. The molecule has 0 amide bonds. The quantitative estimate of drug-likeness (QED) is 0.496. The van der Waals surface area contributed by atoms with E-state index in [1.807, 2.05) is 11.2 Å². The molecule has 0 aliphatic carbocycles. The van der Waals surface area contributed by atoms with E-state index >= 15 is 0 Å². The summed E-state index contributed by atoms with van der Waals surface area (Å²) in [6.45, 7) is 3.28. The molecular formula is C5H9N2O. The molecule has 1 rings (SSSR count). The molecule has 0 atom stereocenters. The van der Waals surface area contributed by atoms with Crippen molar-refractivity contribution in [2.45, 2.75) is 0 Å². The highest BCUT2D eigenvalue weighted by Crippen LogP contribution is 1.87. The molecule has 0 unspecified atom stereocenters. The van der Waals surface area contributed by atoms with Crippen molar-refractivity contribution in [2.24, 2.45) is 0 Å². The maximum absolute atomic E-state index is 9.77. The van der Waals surface area contributed by atoms with Gasteiger partial charge in [0.1, 0.15) is 0 Å². The third kappa shape index (κ3) is 1.28. The van der Waals surface area contributed by atoms with E-state index in [9.17, 15) is 4.79 Å². The lowest BCUT2D eigenvalue weighted by molar-refractivity contribution is 0.374. The van der Waals surface area contributed by atoms with Gasteiger partial charge in [0, 0.05) is 19.8 Å². The summed E-state index contributed by atoms with van der Waals surface area (Å²) in [5.74, 6) is 0. The van der Waals surface area contributed by atoms with Crippen LogP contribution in [0.1, 0.15) is 0 Å². The molecule has 1 saturated heterocycles. The maximum atomic E-state index is 9.77. The Kier molecular flexibility index (Phi) is 2.00. The topological polar surface area (TPSA) is 32.3 Å². The van der Waals surface area contributed by atoms with Gasteiger partial charge in [0.15, 0.2) is 0 Å². The van der Waals surface area contributed by atoms with E-state index in [1.54, 1.807) is 0 Å². The minimum absolute atomic E-state index is 0.451. The van der Waals surface area contributed by atoms with Crippen molar-refractivity contribution < 1.29 is 4.79 Å². The van der Waals surface area contributed by atoms with Crippen molar-refractivity contribution in [3.8, 4) is 0 Å². The summed E-state index contributed by atoms with van der Waals surface area (Å²) < 4.78 is 0. The normalized spacial score (nSPS) is 21.5. The first kappa shape index (κ1) is 5.72. The Morgan fingerprint density at radius 1 is 1.75 bits per heavy atom. The van der Waals surface area contributed by atoms with Crippen molar-refractivity contribution in [2.75, 3.05) is 26.3 Å². The van der Waals surface area contributed by atoms with E-state index in [2.05, 4.69) is 5.32 Å². The van der Waals surface area contributed by atoms with Crippen LogP contribution >= 0.6 is 0 Å². The van der Waals surface area contributed by atoms with Gasteiger partial charge in [0.05, 0.1) is 6.54 Å². The Hall–Kier alpha value is -0.410. The van der Waals surface area contributed by atoms with Crippen LogP contribution in [0.25, 0.3) is 0 Å². The van der Waals surface area contributed by atoms with Crippen LogP contribution in [-0.2, 0) is 4.79 Å². The standard InChI is InChI=1S/C5H9N2O/c8-4-3-7-2-1-6-5-7/h6H,1-3,5H2. The SMILES string of the molecule is O=[C]CN1CCNC1. The molecule has 1 radical (unpaired) electrons. The zero-order valence-electron chi connectivity index (χ0n) is 4.68. The Morgan fingerprint density at radius 2 is 2.62 bits per heavy atom. The van der Waals surface area contributed by atoms with E-state index in [-0.39, 0.29) is 0 Å². The first-order valence-corrected chi connectivity index (χ1v) is 2.71. The summed E-state index contributed by atoms with van der Waals surface area (Å²) in [5, 5.41) is 3.10. The number of nitrogens with one attached hydrogen (secondary N) is 1. The fourth-order valence-corrected chi connectivity index (χ4v) is 0.780. The Bertz CT molecular complexity index is 78.5. The van der Waals surface area contributed by atoms with Gasteiger partial charge in [-0.3, -0.25) is 9.69 Å². The summed E-state index contributed by atoms with van der Waals surface area (Å²) >= 11 is 0. The molecular weight excluding hydrogens is 104 g/mol. The highest BCUT2D eigenvalue weighted by molar-refractivity contribution is 5.53. The molecule has 3 heteroatoms. The molecule has 45 valence electrons. The van der Waals surface area contributed by atoms with E-state index in [0.29, 0.717) is 6.54 Å². The van der Waals surface area contributed by atoms with Gasteiger partial charge < -0.3 is 5.32 Å². The molecule has 0 spiro atoms. The van der Waals surface area contributed by atoms with Crippen molar-refractivity contribution in [3.05, 3.63) is 0 Å². The zero-order valence-corrected chi connectivity index (χ0v) is 4.68. The van der Waals surface area contributed by atoms with Crippen molar-refractivity contribution in [1.29, 1.82) is 0 Å². The molecule has 0 aromatic rings. The predicted molar refractivity (Wildman–Crippen MR) is 30.1 cm³/mol. The average molecular weight is 113 g/mol. The highest BCUT2D eigenvalue weighted by Gasteiger charge is 2.08. The lowest BCUT2D eigenvalue weighted by Crippen LogP contribution is -2.23. The van der Waals surface area contributed by atoms with Crippen LogP contribution in [0.5, 0.6) is 0 Å². The number of rotatable bonds is 2. The van der Waals surface area contributed by atoms with Gasteiger partial charge >= 0.3 is 0 Å². The molecule has 0 bridgehead atoms. The first-order chi connectivity index (χ1) is 3.93. The molecule has 0 aromatic carbocycles. The largest absolute Gasteiger partial charge is 0.303 e. The molecule has 1 heterocycles. The van der Waals surface area contributed by atoms with E-state index in [4.69, 9.17) is 0 Å². The molecule has 8 heavy (non-hydrogen) atoms. The second-order valence-corrected chi connectivity index (χ2v) is 1.85. The summed E-state index contributed by atoms with van der Waals surface area (Å²) in [5.41, 5.74) is 0. The predicted octanol–water partition coefficient (Wildman–Crippen LogP) is -1.04. The van der Waals surface area contributed by atoms with Crippen molar-refractivity contribution >= 4 is 6.29 Å². The van der Waals surface area contributed by atoms with Crippen LogP contribution in [0.15, 0.2) is 0 Å². The molecule has 0 saturated carbocycles. The fourth-order valence-electron chi connectivity index (χ4n) is 0.780. The Balaban J connectivity index is 2.14. The second kappa shape index (κ2) is 2.79. The summed E-state index contributed by atoms with van der Waals surface area (Å²) in [6, 6.07) is 0. The lowest BCUT2D eigenvalue weighted by atomic mass is 10.6. The van der Waals surface area contributed by atoms with Gasteiger partial charge in [0.2, 0.25) is 6.29 Å². The van der Waals surface area contributed by atoms with Crippen LogP contribution in [0.3, 0.4) is 0 Å². The number of carbonyl (C=O) groups excluding carboxylic acids is 1. The van der Waals surface area contributed by atoms with Gasteiger partial charge in [-0.1, -0.05) is 0 Å². The number of nitrogens with zero attached hydrogens (tertiary/aromatic N) is 1. The van der Waals surface area contributed by atoms with Crippen LogP contribution < -0.4 is 5.32 Å². The average Bonchev–Trinajstić information content (AvgIpc) is 2.19. The van der Waals surface area contributed by atoms with E-state index < -0.39 is 0 Å². The van der Waals surface area contributed by atoms with Gasteiger partial charge in [-0.05, 0) is 0 Å². The summed E-state index contributed by atoms with van der Waals surface area (Å²) in [7, 11) is 0. The zero-order chi connectivity index (χ0) is 5.82. The minimum Gasteiger partial charge on any atom is -0.303 e. The smallest absolute Gasteiger partial charge is 0.213 e. The molecule has 0 aromatic heterocycles. The molecule has 1 fully saturated rings. The van der Waals surface area contributed by atoms with Gasteiger partial charge in [-0.25, -0.2) is 0 Å². The van der Waals surface area contributed by atoms with Crippen LogP contribution in [-0.4, -0.2) is 37.5 Å². The molecule has 1 N–H and O–H groups in total.